The fourth-order valence-corrected chi connectivity index (χ4v) is 4.90. The quantitative estimate of drug-likeness (QED) is 0.435. The predicted octanol–water partition coefficient (Wildman–Crippen LogP) is 5.26. The van der Waals surface area contributed by atoms with E-state index < -0.39 is 0 Å². The van der Waals surface area contributed by atoms with Gasteiger partial charge in [0, 0.05) is 35.9 Å². The van der Waals surface area contributed by atoms with E-state index >= 15 is 0 Å². The summed E-state index contributed by atoms with van der Waals surface area (Å²) < 4.78 is 7.75. The Labute approximate surface area is 185 Å². The summed E-state index contributed by atoms with van der Waals surface area (Å²) in [7, 11) is 0. The van der Waals surface area contributed by atoms with Gasteiger partial charge in [-0.2, -0.15) is 0 Å². The van der Waals surface area contributed by atoms with Gasteiger partial charge in [-0.1, -0.05) is 30.3 Å². The predicted molar refractivity (Wildman–Crippen MR) is 122 cm³/mol. The molecule has 0 N–H and O–H groups in total. The highest BCUT2D eigenvalue weighted by atomic mass is 32.1. The molecule has 31 heavy (non-hydrogen) atoms. The minimum absolute atomic E-state index is 0.0326. The van der Waals surface area contributed by atoms with E-state index in [-0.39, 0.29) is 11.9 Å². The summed E-state index contributed by atoms with van der Waals surface area (Å²) in [5.74, 6) is 0.802. The van der Waals surface area contributed by atoms with Gasteiger partial charge in [-0.15, -0.1) is 11.3 Å². The first-order valence-electron chi connectivity index (χ1n) is 10.4. The lowest BCUT2D eigenvalue weighted by Crippen LogP contribution is -2.42. The van der Waals surface area contributed by atoms with Crippen LogP contribution in [0.4, 0.5) is 0 Å². The SMILES string of the molecule is CCOc1ccc(-c2nc(C(=O)N3CCn4cccc4C3c3ccccc3)cs2)cc1. The number of rotatable bonds is 5. The number of carbonyl (C=O) groups is 1. The highest BCUT2D eigenvalue weighted by Gasteiger charge is 2.33. The smallest absolute Gasteiger partial charge is 0.274 e. The number of amides is 1. The highest BCUT2D eigenvalue weighted by molar-refractivity contribution is 7.13. The first-order valence-corrected chi connectivity index (χ1v) is 11.3. The van der Waals surface area contributed by atoms with Crippen molar-refractivity contribution in [3.05, 3.63) is 95.3 Å². The summed E-state index contributed by atoms with van der Waals surface area (Å²) in [6.07, 6.45) is 2.08. The second-order valence-electron chi connectivity index (χ2n) is 7.43. The maximum Gasteiger partial charge on any atom is 0.274 e. The number of aromatic nitrogens is 2. The highest BCUT2D eigenvalue weighted by Crippen LogP contribution is 2.34. The van der Waals surface area contributed by atoms with E-state index in [0.717, 1.165) is 34.1 Å². The molecule has 0 saturated carbocycles. The Balaban J connectivity index is 1.44. The normalized spacial score (nSPS) is 15.5. The van der Waals surface area contributed by atoms with E-state index in [1.807, 2.05) is 65.7 Å². The number of ether oxygens (including phenoxy) is 1. The first-order chi connectivity index (χ1) is 15.2. The van der Waals surface area contributed by atoms with E-state index in [9.17, 15) is 4.79 Å². The molecule has 1 atom stereocenters. The molecule has 0 bridgehead atoms. The molecular formula is C25H23N3O2S. The molecule has 0 aliphatic carbocycles. The third-order valence-electron chi connectivity index (χ3n) is 5.55. The number of thiazole rings is 1. The molecule has 2 aromatic carbocycles. The van der Waals surface area contributed by atoms with Gasteiger partial charge in [0.05, 0.1) is 12.6 Å². The fourth-order valence-electron chi connectivity index (χ4n) is 4.10. The van der Waals surface area contributed by atoms with Crippen molar-refractivity contribution in [2.75, 3.05) is 13.2 Å². The van der Waals surface area contributed by atoms with Crippen LogP contribution in [0, 0.1) is 0 Å². The summed E-state index contributed by atoms with van der Waals surface area (Å²) >= 11 is 1.49. The zero-order valence-corrected chi connectivity index (χ0v) is 18.1. The lowest BCUT2D eigenvalue weighted by molar-refractivity contribution is 0.0659. The molecule has 1 aliphatic rings. The molecule has 1 amide bonds. The maximum atomic E-state index is 13.5. The standard InChI is InChI=1S/C25H23N3O2S/c1-2-30-20-12-10-19(11-13-20)24-26-21(17-31-24)25(29)28-16-15-27-14-6-9-22(27)23(28)18-7-4-3-5-8-18/h3-14,17,23H,2,15-16H2,1H3. The summed E-state index contributed by atoms with van der Waals surface area (Å²) in [6, 6.07) is 22.1. The Morgan fingerprint density at radius 3 is 2.65 bits per heavy atom. The Morgan fingerprint density at radius 1 is 1.06 bits per heavy atom. The Morgan fingerprint density at radius 2 is 1.87 bits per heavy atom. The number of fused-ring (bicyclic) bond motifs is 1. The van der Waals surface area contributed by atoms with Crippen LogP contribution in [0.5, 0.6) is 5.75 Å². The van der Waals surface area contributed by atoms with Gasteiger partial charge in [0.2, 0.25) is 0 Å². The minimum atomic E-state index is -0.118. The maximum absolute atomic E-state index is 13.5. The van der Waals surface area contributed by atoms with E-state index in [0.29, 0.717) is 18.8 Å². The number of benzene rings is 2. The molecule has 0 spiro atoms. The molecule has 0 radical (unpaired) electrons. The first kappa shape index (κ1) is 19.6. The second-order valence-corrected chi connectivity index (χ2v) is 8.29. The van der Waals surface area contributed by atoms with Crippen LogP contribution in [0.2, 0.25) is 0 Å². The third kappa shape index (κ3) is 3.75. The van der Waals surface area contributed by atoms with Crippen molar-refractivity contribution in [1.82, 2.24) is 14.5 Å². The van der Waals surface area contributed by atoms with Crippen molar-refractivity contribution >= 4 is 17.2 Å². The van der Waals surface area contributed by atoms with Crippen molar-refractivity contribution in [3.63, 3.8) is 0 Å². The van der Waals surface area contributed by atoms with Crippen LogP contribution < -0.4 is 4.74 Å². The number of carbonyl (C=O) groups excluding carboxylic acids is 1. The van der Waals surface area contributed by atoms with Gasteiger partial charge >= 0.3 is 0 Å². The fraction of sp³-hybridized carbons (Fsp3) is 0.200. The lowest BCUT2D eigenvalue weighted by Gasteiger charge is -2.37. The van der Waals surface area contributed by atoms with Crippen molar-refractivity contribution in [2.45, 2.75) is 19.5 Å². The number of hydrogen-bond acceptors (Lipinski definition) is 4. The van der Waals surface area contributed by atoms with Crippen LogP contribution in [-0.4, -0.2) is 33.5 Å². The van der Waals surface area contributed by atoms with Crippen LogP contribution in [0.1, 0.15) is 34.7 Å². The summed E-state index contributed by atoms with van der Waals surface area (Å²) in [5, 5.41) is 2.70. The summed E-state index contributed by atoms with van der Waals surface area (Å²) in [4.78, 5) is 20.2. The molecule has 0 fully saturated rings. The molecule has 5 rings (SSSR count). The van der Waals surface area contributed by atoms with Crippen LogP contribution >= 0.6 is 11.3 Å². The average molecular weight is 430 g/mol. The van der Waals surface area contributed by atoms with E-state index in [1.165, 1.54) is 11.3 Å². The van der Waals surface area contributed by atoms with Gasteiger partial charge in [-0.25, -0.2) is 4.98 Å². The van der Waals surface area contributed by atoms with Crippen LogP contribution in [0.25, 0.3) is 10.6 Å². The molecule has 5 nitrogen and oxygen atoms in total. The lowest BCUT2D eigenvalue weighted by atomic mass is 9.99. The molecule has 0 saturated heterocycles. The molecular weight excluding hydrogens is 406 g/mol. The molecule has 6 heteroatoms. The summed E-state index contributed by atoms with van der Waals surface area (Å²) in [5.41, 5.74) is 3.72. The van der Waals surface area contributed by atoms with Gasteiger partial charge in [0.25, 0.3) is 5.91 Å². The minimum Gasteiger partial charge on any atom is -0.494 e. The monoisotopic (exact) mass is 429 g/mol. The zero-order valence-electron chi connectivity index (χ0n) is 17.3. The number of hydrogen-bond donors (Lipinski definition) is 0. The van der Waals surface area contributed by atoms with Crippen molar-refractivity contribution in [1.29, 1.82) is 0 Å². The molecule has 2 aromatic heterocycles. The Bertz CT molecular complexity index is 1180. The van der Waals surface area contributed by atoms with Crippen molar-refractivity contribution < 1.29 is 9.53 Å². The Hall–Kier alpha value is -3.38. The van der Waals surface area contributed by atoms with E-state index in [4.69, 9.17) is 4.74 Å². The van der Waals surface area contributed by atoms with Gasteiger partial charge in [0.15, 0.2) is 0 Å². The topological polar surface area (TPSA) is 47.4 Å². The van der Waals surface area contributed by atoms with Gasteiger partial charge in [-0.3, -0.25) is 4.79 Å². The van der Waals surface area contributed by atoms with Crippen molar-refractivity contribution in [3.8, 4) is 16.3 Å². The van der Waals surface area contributed by atoms with Crippen molar-refractivity contribution in [2.24, 2.45) is 0 Å². The largest absolute Gasteiger partial charge is 0.494 e. The number of nitrogens with zero attached hydrogens (tertiary/aromatic N) is 3. The molecule has 3 heterocycles. The van der Waals surface area contributed by atoms with Crippen LogP contribution in [-0.2, 0) is 6.54 Å². The second kappa shape index (κ2) is 8.40. The molecule has 4 aromatic rings. The third-order valence-corrected chi connectivity index (χ3v) is 6.44. The van der Waals surface area contributed by atoms with Crippen LogP contribution in [0.15, 0.2) is 78.3 Å². The van der Waals surface area contributed by atoms with Gasteiger partial charge in [0.1, 0.15) is 16.5 Å². The average Bonchev–Trinajstić information content (AvgIpc) is 3.49. The van der Waals surface area contributed by atoms with E-state index in [1.54, 1.807) is 0 Å². The van der Waals surface area contributed by atoms with E-state index in [2.05, 4.69) is 33.9 Å². The van der Waals surface area contributed by atoms with Gasteiger partial charge in [-0.05, 0) is 48.9 Å². The zero-order chi connectivity index (χ0) is 21.2. The molecule has 1 aliphatic heterocycles. The Kier molecular flexibility index (Phi) is 5.30. The molecule has 156 valence electrons. The van der Waals surface area contributed by atoms with Gasteiger partial charge < -0.3 is 14.2 Å². The van der Waals surface area contributed by atoms with Crippen LogP contribution in [0.3, 0.4) is 0 Å². The summed E-state index contributed by atoms with van der Waals surface area (Å²) in [6.45, 7) is 4.03. The molecule has 1 unspecified atom stereocenters.